The van der Waals surface area contributed by atoms with E-state index in [0.717, 1.165) is 23.5 Å². The Kier molecular flexibility index (Phi) is 4.39. The molecule has 7 nitrogen and oxygen atoms in total. The molecule has 0 spiro atoms. The Balaban J connectivity index is 1.44. The van der Waals surface area contributed by atoms with Gasteiger partial charge in [0.1, 0.15) is 13.2 Å². The average molecular weight is 341 g/mol. The van der Waals surface area contributed by atoms with E-state index in [-0.39, 0.29) is 6.04 Å². The molecule has 3 aromatic rings. The summed E-state index contributed by atoms with van der Waals surface area (Å²) in [4.78, 5) is 4.34. The second kappa shape index (κ2) is 6.98. The van der Waals surface area contributed by atoms with Crippen molar-refractivity contribution >= 4 is 0 Å². The zero-order valence-corrected chi connectivity index (χ0v) is 13.9. The van der Waals surface area contributed by atoms with Crippen LogP contribution >= 0.6 is 0 Å². The van der Waals surface area contributed by atoms with Crippen LogP contribution < -0.4 is 14.8 Å². The number of fused-ring (bicyclic) bond motifs is 1. The Hall–Kier alpha value is -2.80. The summed E-state index contributed by atoms with van der Waals surface area (Å²) in [7, 11) is 0. The maximum Gasteiger partial charge on any atom is 0.241 e. The van der Waals surface area contributed by atoms with Crippen LogP contribution in [0, 0.1) is 0 Å². The number of aromatic nitrogens is 2. The fourth-order valence-electron chi connectivity index (χ4n) is 2.82. The van der Waals surface area contributed by atoms with Gasteiger partial charge in [-0.2, -0.15) is 4.98 Å². The molecule has 1 aliphatic rings. The van der Waals surface area contributed by atoms with Crippen molar-refractivity contribution in [1.82, 2.24) is 15.5 Å². The number of hydrogen-bond donors (Lipinski definition) is 1. The van der Waals surface area contributed by atoms with Gasteiger partial charge in [0.2, 0.25) is 11.7 Å². The van der Waals surface area contributed by atoms with Crippen molar-refractivity contribution in [1.29, 1.82) is 0 Å². The van der Waals surface area contributed by atoms with E-state index in [1.807, 2.05) is 12.1 Å². The van der Waals surface area contributed by atoms with E-state index in [9.17, 15) is 0 Å². The van der Waals surface area contributed by atoms with E-state index < -0.39 is 0 Å². The molecule has 1 N–H and O–H groups in total. The van der Waals surface area contributed by atoms with Gasteiger partial charge in [-0.15, -0.1) is 0 Å². The van der Waals surface area contributed by atoms with Crippen LogP contribution in [0.4, 0.5) is 0 Å². The highest BCUT2D eigenvalue weighted by Gasteiger charge is 2.17. The van der Waals surface area contributed by atoms with Crippen LogP contribution in [0.15, 0.2) is 45.5 Å². The summed E-state index contributed by atoms with van der Waals surface area (Å²) in [6.07, 6.45) is 2.50. The largest absolute Gasteiger partial charge is 0.486 e. The molecule has 1 aliphatic heterocycles. The van der Waals surface area contributed by atoms with Gasteiger partial charge in [0.15, 0.2) is 17.3 Å². The summed E-state index contributed by atoms with van der Waals surface area (Å²) in [5.41, 5.74) is 1.14. The van der Waals surface area contributed by atoms with E-state index in [0.29, 0.717) is 37.2 Å². The second-order valence-corrected chi connectivity index (χ2v) is 5.73. The zero-order chi connectivity index (χ0) is 17.1. The summed E-state index contributed by atoms with van der Waals surface area (Å²) in [6, 6.07) is 9.77. The molecule has 130 valence electrons. The molecule has 1 atom stereocenters. The van der Waals surface area contributed by atoms with Crippen molar-refractivity contribution in [3.05, 3.63) is 48.0 Å². The molecule has 0 fully saturated rings. The van der Waals surface area contributed by atoms with Gasteiger partial charge in [0, 0.05) is 6.04 Å². The third-order valence-corrected chi connectivity index (χ3v) is 4.09. The van der Waals surface area contributed by atoms with Crippen LogP contribution in [-0.2, 0) is 6.54 Å². The van der Waals surface area contributed by atoms with Gasteiger partial charge < -0.3 is 23.7 Å². The van der Waals surface area contributed by atoms with Gasteiger partial charge in [-0.3, -0.25) is 0 Å². The molecule has 0 aliphatic carbocycles. The number of nitrogens with one attached hydrogen (secondary N) is 1. The number of furan rings is 1. The van der Waals surface area contributed by atoms with Crippen molar-refractivity contribution in [2.75, 3.05) is 13.2 Å². The Morgan fingerprint density at radius 1 is 1.16 bits per heavy atom. The van der Waals surface area contributed by atoms with E-state index in [4.69, 9.17) is 18.4 Å². The summed E-state index contributed by atoms with van der Waals surface area (Å²) in [5.74, 6) is 3.15. The monoisotopic (exact) mass is 341 g/mol. The molecule has 1 aromatic carbocycles. The molecule has 3 heterocycles. The highest BCUT2D eigenvalue weighted by molar-refractivity contribution is 5.45. The molecule has 0 radical (unpaired) electrons. The van der Waals surface area contributed by atoms with Gasteiger partial charge in [-0.1, -0.05) is 18.1 Å². The van der Waals surface area contributed by atoms with Crippen molar-refractivity contribution < 1.29 is 18.4 Å². The number of hydrogen-bond acceptors (Lipinski definition) is 7. The lowest BCUT2D eigenvalue weighted by molar-refractivity contribution is 0.171. The van der Waals surface area contributed by atoms with E-state index in [1.165, 1.54) is 0 Å². The molecule has 7 heteroatoms. The lowest BCUT2D eigenvalue weighted by Crippen LogP contribution is -2.21. The molecule has 0 saturated carbocycles. The zero-order valence-electron chi connectivity index (χ0n) is 13.9. The lowest BCUT2D eigenvalue weighted by Gasteiger charge is -2.22. The Bertz CT molecular complexity index is 829. The number of benzene rings is 1. The smallest absolute Gasteiger partial charge is 0.241 e. The highest BCUT2D eigenvalue weighted by Crippen LogP contribution is 2.33. The first kappa shape index (κ1) is 15.7. The summed E-state index contributed by atoms with van der Waals surface area (Å²) in [5, 5.41) is 7.38. The first-order valence-electron chi connectivity index (χ1n) is 8.33. The SMILES string of the molecule is CC[C@H](NCc1nc(-c2ccco2)no1)c1ccc2c(c1)OCCO2. The third-order valence-electron chi connectivity index (χ3n) is 4.09. The minimum absolute atomic E-state index is 0.148. The fraction of sp³-hybridized carbons (Fsp3) is 0.333. The van der Waals surface area contributed by atoms with E-state index >= 15 is 0 Å². The molecule has 2 aromatic heterocycles. The maximum atomic E-state index is 5.66. The number of rotatable bonds is 6. The molecular weight excluding hydrogens is 322 g/mol. The lowest BCUT2D eigenvalue weighted by atomic mass is 10.0. The van der Waals surface area contributed by atoms with Crippen LogP contribution in [-0.4, -0.2) is 23.4 Å². The van der Waals surface area contributed by atoms with Crippen LogP contribution in [0.25, 0.3) is 11.6 Å². The van der Waals surface area contributed by atoms with Crippen LogP contribution in [0.3, 0.4) is 0 Å². The predicted octanol–water partition coefficient (Wildman–Crippen LogP) is 3.34. The van der Waals surface area contributed by atoms with E-state index in [2.05, 4.69) is 28.4 Å². The minimum Gasteiger partial charge on any atom is -0.486 e. The molecular formula is C18H19N3O4. The minimum atomic E-state index is 0.148. The summed E-state index contributed by atoms with van der Waals surface area (Å²) < 4.78 is 21.8. The standard InChI is InChI=1S/C18H19N3O4/c1-2-13(12-5-6-14-16(10-12)24-9-8-23-14)19-11-17-20-18(21-25-17)15-4-3-7-22-15/h3-7,10,13,19H,2,8-9,11H2,1H3/t13-/m0/s1. The molecule has 0 unspecified atom stereocenters. The quantitative estimate of drug-likeness (QED) is 0.736. The Morgan fingerprint density at radius 3 is 2.84 bits per heavy atom. The van der Waals surface area contributed by atoms with Crippen molar-refractivity contribution in [2.45, 2.75) is 25.9 Å². The maximum absolute atomic E-state index is 5.66. The van der Waals surface area contributed by atoms with Gasteiger partial charge in [0.05, 0.1) is 12.8 Å². The van der Waals surface area contributed by atoms with Gasteiger partial charge in [-0.05, 0) is 36.2 Å². The molecule has 25 heavy (non-hydrogen) atoms. The van der Waals surface area contributed by atoms with Crippen molar-refractivity contribution in [3.63, 3.8) is 0 Å². The fourth-order valence-corrected chi connectivity index (χ4v) is 2.82. The topological polar surface area (TPSA) is 82.6 Å². The highest BCUT2D eigenvalue weighted by atomic mass is 16.6. The first-order chi connectivity index (χ1) is 12.3. The summed E-state index contributed by atoms with van der Waals surface area (Å²) >= 11 is 0. The molecule has 0 amide bonds. The van der Waals surface area contributed by atoms with Crippen molar-refractivity contribution in [2.24, 2.45) is 0 Å². The van der Waals surface area contributed by atoms with Crippen molar-refractivity contribution in [3.8, 4) is 23.1 Å². The number of nitrogens with zero attached hydrogens (tertiary/aromatic N) is 2. The van der Waals surface area contributed by atoms with Crippen LogP contribution in [0.5, 0.6) is 11.5 Å². The molecule has 0 saturated heterocycles. The Labute approximate surface area is 144 Å². The van der Waals surface area contributed by atoms with Crippen LogP contribution in [0.2, 0.25) is 0 Å². The second-order valence-electron chi connectivity index (χ2n) is 5.73. The van der Waals surface area contributed by atoms with Gasteiger partial charge in [0.25, 0.3) is 0 Å². The first-order valence-corrected chi connectivity index (χ1v) is 8.33. The van der Waals surface area contributed by atoms with Gasteiger partial charge >= 0.3 is 0 Å². The normalized spacial score (nSPS) is 14.4. The Morgan fingerprint density at radius 2 is 2.04 bits per heavy atom. The van der Waals surface area contributed by atoms with Crippen LogP contribution in [0.1, 0.15) is 30.8 Å². The predicted molar refractivity (Wildman–Crippen MR) is 89.3 cm³/mol. The molecule has 4 rings (SSSR count). The molecule has 0 bridgehead atoms. The number of ether oxygens (including phenoxy) is 2. The van der Waals surface area contributed by atoms with Gasteiger partial charge in [-0.25, -0.2) is 0 Å². The third kappa shape index (κ3) is 3.36. The average Bonchev–Trinajstić information content (AvgIpc) is 3.33. The van der Waals surface area contributed by atoms with E-state index in [1.54, 1.807) is 18.4 Å². The summed E-state index contributed by atoms with van der Waals surface area (Å²) in [6.45, 7) is 3.77.